The number of nitrogens with one attached hydrogen (secondary N) is 1. The summed E-state index contributed by atoms with van der Waals surface area (Å²) < 4.78 is 6.28. The van der Waals surface area contributed by atoms with Gasteiger partial charge < -0.3 is 4.74 Å². The van der Waals surface area contributed by atoms with E-state index in [1.165, 1.54) is 10.8 Å². The fraction of sp³-hybridized carbons (Fsp3) is 0.429. The Kier molecular flexibility index (Phi) is 1.97. The van der Waals surface area contributed by atoms with Gasteiger partial charge in [-0.1, -0.05) is 11.6 Å². The fourth-order valence-electron chi connectivity index (χ4n) is 1.01. The second kappa shape index (κ2) is 3.01. The van der Waals surface area contributed by atoms with Crippen LogP contribution in [-0.4, -0.2) is 22.3 Å². The minimum absolute atomic E-state index is 0.0141. The van der Waals surface area contributed by atoms with Gasteiger partial charge in [-0.25, -0.2) is 4.79 Å². The van der Waals surface area contributed by atoms with Crippen molar-refractivity contribution in [3.63, 3.8) is 0 Å². The van der Waals surface area contributed by atoms with Gasteiger partial charge in [-0.2, -0.15) is 0 Å². The van der Waals surface area contributed by atoms with Crippen LogP contribution in [0.3, 0.4) is 0 Å². The van der Waals surface area contributed by atoms with Crippen LogP contribution in [0, 0.1) is 0 Å². The maximum Gasteiger partial charge on any atom is 0.328 e. The normalized spacial score (nSPS) is 20.2. The predicted octanol–water partition coefficient (Wildman–Crippen LogP) is -0.411. The molecule has 2 rings (SSSR count). The van der Waals surface area contributed by atoms with Gasteiger partial charge in [-0.15, -0.1) is 0 Å². The molecule has 1 aliphatic rings. The molecule has 0 aromatic carbocycles. The third-order valence-corrected chi connectivity index (χ3v) is 2.04. The number of halogens is 1. The van der Waals surface area contributed by atoms with Crippen molar-refractivity contribution in [1.29, 1.82) is 0 Å². The van der Waals surface area contributed by atoms with E-state index in [1.54, 1.807) is 0 Å². The molecular weight excluding hydrogens is 196 g/mol. The summed E-state index contributed by atoms with van der Waals surface area (Å²) in [5.41, 5.74) is -1.01. The van der Waals surface area contributed by atoms with Crippen LogP contribution in [0.25, 0.3) is 0 Å². The Balaban J connectivity index is 2.38. The van der Waals surface area contributed by atoms with Crippen LogP contribution in [0.15, 0.2) is 15.8 Å². The number of epoxide rings is 1. The van der Waals surface area contributed by atoms with E-state index in [0.717, 1.165) is 0 Å². The summed E-state index contributed by atoms with van der Waals surface area (Å²) in [4.78, 5) is 24.1. The Morgan fingerprint density at radius 1 is 1.69 bits per heavy atom. The molecule has 1 fully saturated rings. The van der Waals surface area contributed by atoms with Gasteiger partial charge >= 0.3 is 5.69 Å². The third-order valence-electron chi connectivity index (χ3n) is 1.77. The fourth-order valence-corrected chi connectivity index (χ4v) is 1.18. The third kappa shape index (κ3) is 1.81. The first-order valence-electron chi connectivity index (χ1n) is 3.77. The molecule has 2 heterocycles. The second-order valence-corrected chi connectivity index (χ2v) is 3.25. The van der Waals surface area contributed by atoms with E-state index >= 15 is 0 Å². The largest absolute Gasteiger partial charge is 0.371 e. The topological polar surface area (TPSA) is 67.4 Å². The molecule has 1 aromatic heterocycles. The van der Waals surface area contributed by atoms with E-state index in [4.69, 9.17) is 16.3 Å². The monoisotopic (exact) mass is 202 g/mol. The summed E-state index contributed by atoms with van der Waals surface area (Å²) in [7, 11) is 0. The van der Waals surface area contributed by atoms with Crippen molar-refractivity contribution in [3.05, 3.63) is 32.1 Å². The van der Waals surface area contributed by atoms with Gasteiger partial charge in [-0.3, -0.25) is 14.3 Å². The smallest absolute Gasteiger partial charge is 0.328 e. The van der Waals surface area contributed by atoms with Crippen molar-refractivity contribution in [2.45, 2.75) is 12.6 Å². The zero-order valence-corrected chi connectivity index (χ0v) is 7.37. The zero-order valence-electron chi connectivity index (χ0n) is 6.62. The lowest BCUT2D eigenvalue weighted by molar-refractivity contribution is 0.378. The minimum Gasteiger partial charge on any atom is -0.371 e. The highest BCUT2D eigenvalue weighted by atomic mass is 35.5. The van der Waals surface area contributed by atoms with E-state index < -0.39 is 11.2 Å². The van der Waals surface area contributed by atoms with Gasteiger partial charge in [0.1, 0.15) is 5.02 Å². The van der Waals surface area contributed by atoms with Crippen LogP contribution in [0.4, 0.5) is 0 Å². The highest BCUT2D eigenvalue weighted by molar-refractivity contribution is 6.30. The van der Waals surface area contributed by atoms with Crippen molar-refractivity contribution >= 4 is 11.6 Å². The second-order valence-electron chi connectivity index (χ2n) is 2.84. The molecule has 6 heteroatoms. The minimum atomic E-state index is -0.556. The average Bonchev–Trinajstić information content (AvgIpc) is 2.84. The van der Waals surface area contributed by atoms with Gasteiger partial charge in [0.2, 0.25) is 0 Å². The van der Waals surface area contributed by atoms with Crippen LogP contribution in [0.2, 0.25) is 5.02 Å². The van der Waals surface area contributed by atoms with Gasteiger partial charge in [-0.05, 0) is 0 Å². The lowest BCUT2D eigenvalue weighted by atomic mass is 10.4. The zero-order chi connectivity index (χ0) is 9.42. The number of H-pyrrole nitrogens is 1. The quantitative estimate of drug-likeness (QED) is 0.663. The Labute approximate surface area is 77.9 Å². The van der Waals surface area contributed by atoms with Crippen LogP contribution < -0.4 is 11.2 Å². The molecule has 70 valence electrons. The van der Waals surface area contributed by atoms with Crippen molar-refractivity contribution in [2.24, 2.45) is 0 Å². The molecule has 0 aliphatic carbocycles. The summed E-state index contributed by atoms with van der Waals surface area (Å²) in [5.74, 6) is 0. The molecule has 13 heavy (non-hydrogen) atoms. The SMILES string of the molecule is O=c1[nH]c(=O)n(CC2CO2)cc1Cl. The van der Waals surface area contributed by atoms with Crippen molar-refractivity contribution < 1.29 is 4.74 Å². The Morgan fingerprint density at radius 3 is 3.00 bits per heavy atom. The Morgan fingerprint density at radius 2 is 2.38 bits per heavy atom. The molecule has 1 aromatic rings. The molecule has 0 radical (unpaired) electrons. The number of hydrogen-bond donors (Lipinski definition) is 1. The summed E-state index contributed by atoms with van der Waals surface area (Å²) in [6.07, 6.45) is 1.41. The average molecular weight is 203 g/mol. The van der Waals surface area contributed by atoms with Crippen LogP contribution in [0.1, 0.15) is 0 Å². The molecule has 1 saturated heterocycles. The molecule has 5 nitrogen and oxygen atoms in total. The molecule has 1 atom stereocenters. The predicted molar refractivity (Wildman–Crippen MR) is 46.1 cm³/mol. The van der Waals surface area contributed by atoms with E-state index in [9.17, 15) is 9.59 Å². The first-order valence-corrected chi connectivity index (χ1v) is 4.15. The number of ether oxygens (including phenoxy) is 1. The number of aromatic nitrogens is 2. The van der Waals surface area contributed by atoms with Crippen molar-refractivity contribution in [2.75, 3.05) is 6.61 Å². The molecule has 0 saturated carbocycles. The number of hydrogen-bond acceptors (Lipinski definition) is 3. The van der Waals surface area contributed by atoms with Gasteiger partial charge in [0.15, 0.2) is 0 Å². The maximum absolute atomic E-state index is 11.1. The first-order chi connectivity index (χ1) is 6.16. The standard InChI is InChI=1S/C7H7ClN2O3/c8-5-2-10(1-4-3-13-4)7(12)9-6(5)11/h2,4H,1,3H2,(H,9,11,12). The van der Waals surface area contributed by atoms with E-state index in [1.807, 2.05) is 0 Å². The first kappa shape index (κ1) is 8.52. The number of rotatable bonds is 2. The summed E-state index contributed by atoms with van der Waals surface area (Å²) in [5, 5.41) is 0.0141. The summed E-state index contributed by atoms with van der Waals surface area (Å²) >= 11 is 5.55. The van der Waals surface area contributed by atoms with Crippen molar-refractivity contribution in [1.82, 2.24) is 9.55 Å². The number of aromatic amines is 1. The van der Waals surface area contributed by atoms with E-state index in [0.29, 0.717) is 13.2 Å². The molecule has 1 aliphatic heterocycles. The Bertz CT molecular complexity index is 432. The molecular formula is C7H7ClN2O3. The highest BCUT2D eigenvalue weighted by Crippen LogP contribution is 2.10. The van der Waals surface area contributed by atoms with Gasteiger partial charge in [0.05, 0.1) is 19.3 Å². The molecule has 1 N–H and O–H groups in total. The lowest BCUT2D eigenvalue weighted by Crippen LogP contribution is -2.30. The highest BCUT2D eigenvalue weighted by Gasteiger charge is 2.23. The number of nitrogens with zero attached hydrogens (tertiary/aromatic N) is 1. The van der Waals surface area contributed by atoms with Crippen LogP contribution >= 0.6 is 11.6 Å². The Hall–Kier alpha value is -1.07. The van der Waals surface area contributed by atoms with E-state index in [2.05, 4.69) is 4.98 Å². The summed E-state index contributed by atoms with van der Waals surface area (Å²) in [6.45, 7) is 1.10. The molecule has 1 unspecified atom stereocenters. The lowest BCUT2D eigenvalue weighted by Gasteiger charge is -2.01. The van der Waals surface area contributed by atoms with E-state index in [-0.39, 0.29) is 11.1 Å². The molecule has 0 bridgehead atoms. The maximum atomic E-state index is 11.1. The summed E-state index contributed by atoms with van der Waals surface area (Å²) in [6, 6.07) is 0. The van der Waals surface area contributed by atoms with Crippen molar-refractivity contribution in [3.8, 4) is 0 Å². The molecule has 0 spiro atoms. The van der Waals surface area contributed by atoms with Gasteiger partial charge in [0.25, 0.3) is 5.56 Å². The van der Waals surface area contributed by atoms with Crippen LogP contribution in [0.5, 0.6) is 0 Å². The van der Waals surface area contributed by atoms with Crippen LogP contribution in [-0.2, 0) is 11.3 Å². The van der Waals surface area contributed by atoms with Gasteiger partial charge in [0, 0.05) is 6.20 Å². The molecule has 0 amide bonds.